The van der Waals surface area contributed by atoms with Crippen molar-refractivity contribution in [2.75, 3.05) is 18.7 Å². The molecule has 0 aliphatic carbocycles. The molecule has 0 N–H and O–H groups in total. The highest BCUT2D eigenvalue weighted by molar-refractivity contribution is 6.40. The topological polar surface area (TPSA) is 62.2 Å². The third-order valence-electron chi connectivity index (χ3n) is 5.35. The van der Waals surface area contributed by atoms with E-state index in [0.717, 1.165) is 17.7 Å². The zero-order valence-corrected chi connectivity index (χ0v) is 15.8. The molecule has 2 atom stereocenters. The fourth-order valence-corrected chi connectivity index (χ4v) is 3.95. The number of para-hydroxylation sites is 1. The number of carbonyl (C=O) groups is 2. The third-order valence-corrected chi connectivity index (χ3v) is 5.35. The van der Waals surface area contributed by atoms with E-state index in [2.05, 4.69) is 17.2 Å². The summed E-state index contributed by atoms with van der Waals surface area (Å²) in [6.07, 6.45) is 1.93. The van der Waals surface area contributed by atoms with Crippen LogP contribution in [0, 0.1) is 0 Å². The number of anilines is 1. The van der Waals surface area contributed by atoms with Gasteiger partial charge in [-0.05, 0) is 30.5 Å². The second-order valence-corrected chi connectivity index (χ2v) is 7.04. The predicted molar refractivity (Wildman–Crippen MR) is 107 cm³/mol. The minimum Gasteiger partial charge on any atom is -0.467 e. The Morgan fingerprint density at radius 3 is 2.39 bits per heavy atom. The van der Waals surface area contributed by atoms with Gasteiger partial charge < -0.3 is 9.64 Å². The maximum Gasteiger partial charge on any atom is 0.328 e. The Kier molecular flexibility index (Phi) is 5.10. The SMILES string of the molecule is COC(=O)C1CCCN1C(=O)C1=NN(c2ccccc2)C(c2ccccc2)C1. The molecule has 2 unspecified atom stereocenters. The van der Waals surface area contributed by atoms with E-state index in [1.807, 2.05) is 53.5 Å². The Labute approximate surface area is 164 Å². The van der Waals surface area contributed by atoms with E-state index in [1.165, 1.54) is 7.11 Å². The minimum atomic E-state index is -0.513. The summed E-state index contributed by atoms with van der Waals surface area (Å²) in [5.74, 6) is -0.531. The molecule has 2 aromatic carbocycles. The molecular weight excluding hydrogens is 354 g/mol. The number of methoxy groups -OCH3 is 1. The van der Waals surface area contributed by atoms with Crippen molar-refractivity contribution in [2.24, 2.45) is 5.10 Å². The first-order valence-electron chi connectivity index (χ1n) is 9.54. The molecular formula is C22H23N3O3. The Bertz CT molecular complexity index is 882. The largest absolute Gasteiger partial charge is 0.467 e. The zero-order chi connectivity index (χ0) is 19.5. The molecule has 2 aliphatic heterocycles. The van der Waals surface area contributed by atoms with Crippen molar-refractivity contribution in [3.05, 3.63) is 66.2 Å². The average Bonchev–Trinajstić information content (AvgIpc) is 3.42. The molecule has 28 heavy (non-hydrogen) atoms. The summed E-state index contributed by atoms with van der Waals surface area (Å²) >= 11 is 0. The highest BCUT2D eigenvalue weighted by atomic mass is 16.5. The molecule has 1 saturated heterocycles. The number of likely N-dealkylation sites (tertiary alicyclic amines) is 1. The summed E-state index contributed by atoms with van der Waals surface area (Å²) in [4.78, 5) is 26.9. The molecule has 144 valence electrons. The molecule has 6 heteroatoms. The van der Waals surface area contributed by atoms with Crippen molar-refractivity contribution in [1.82, 2.24) is 4.90 Å². The van der Waals surface area contributed by atoms with Crippen molar-refractivity contribution in [3.63, 3.8) is 0 Å². The normalized spacial score (nSPS) is 21.5. The van der Waals surface area contributed by atoms with Gasteiger partial charge >= 0.3 is 5.97 Å². The molecule has 6 nitrogen and oxygen atoms in total. The van der Waals surface area contributed by atoms with E-state index in [4.69, 9.17) is 4.74 Å². The van der Waals surface area contributed by atoms with Crippen molar-refractivity contribution < 1.29 is 14.3 Å². The van der Waals surface area contributed by atoms with Crippen molar-refractivity contribution in [1.29, 1.82) is 0 Å². The molecule has 2 aliphatic rings. The number of hydrogen-bond donors (Lipinski definition) is 0. The summed E-state index contributed by atoms with van der Waals surface area (Å²) in [5, 5.41) is 6.60. The van der Waals surface area contributed by atoms with Crippen LogP contribution in [0.4, 0.5) is 5.69 Å². The van der Waals surface area contributed by atoms with E-state index in [0.29, 0.717) is 25.1 Å². The number of esters is 1. The van der Waals surface area contributed by atoms with Crippen LogP contribution in [0.5, 0.6) is 0 Å². The first-order chi connectivity index (χ1) is 13.7. The monoisotopic (exact) mass is 377 g/mol. The van der Waals surface area contributed by atoms with Gasteiger partial charge in [-0.15, -0.1) is 0 Å². The van der Waals surface area contributed by atoms with E-state index >= 15 is 0 Å². The summed E-state index contributed by atoms with van der Waals surface area (Å²) in [6.45, 7) is 0.555. The van der Waals surface area contributed by atoms with Gasteiger partial charge in [-0.3, -0.25) is 9.80 Å². The second-order valence-electron chi connectivity index (χ2n) is 7.04. The summed E-state index contributed by atoms with van der Waals surface area (Å²) in [6, 6.07) is 19.3. The highest BCUT2D eigenvalue weighted by Crippen LogP contribution is 2.36. The van der Waals surface area contributed by atoms with Crippen molar-refractivity contribution >= 4 is 23.3 Å². The fraction of sp³-hybridized carbons (Fsp3) is 0.318. The lowest BCUT2D eigenvalue weighted by molar-refractivity contribution is -0.149. The molecule has 4 rings (SSSR count). The third kappa shape index (κ3) is 3.38. The standard InChI is InChI=1S/C22H23N3O3/c1-28-22(27)19-13-8-14-24(19)21(26)18-15-20(16-9-4-2-5-10-16)25(23-18)17-11-6-3-7-12-17/h2-7,9-12,19-20H,8,13-15H2,1H3. The molecule has 2 heterocycles. The molecule has 1 fully saturated rings. The first-order valence-corrected chi connectivity index (χ1v) is 9.54. The van der Waals surface area contributed by atoms with Gasteiger partial charge in [0.05, 0.1) is 18.8 Å². The Morgan fingerprint density at radius 1 is 1.04 bits per heavy atom. The van der Waals surface area contributed by atoms with Crippen LogP contribution in [0.25, 0.3) is 0 Å². The number of benzene rings is 2. The quantitative estimate of drug-likeness (QED) is 0.768. The number of hydrazone groups is 1. The lowest BCUT2D eigenvalue weighted by atomic mass is 10.0. The van der Waals surface area contributed by atoms with Crippen molar-refractivity contribution in [3.8, 4) is 0 Å². The van der Waals surface area contributed by atoms with Crippen LogP contribution in [0.1, 0.15) is 30.9 Å². The van der Waals surface area contributed by atoms with Gasteiger partial charge in [0.25, 0.3) is 5.91 Å². The smallest absolute Gasteiger partial charge is 0.328 e. The maximum absolute atomic E-state index is 13.2. The lowest BCUT2D eigenvalue weighted by Gasteiger charge is -2.23. The number of rotatable bonds is 4. The Hall–Kier alpha value is -3.15. The molecule has 0 spiro atoms. The number of ether oxygens (including phenoxy) is 1. The van der Waals surface area contributed by atoms with Crippen LogP contribution in [-0.2, 0) is 14.3 Å². The Morgan fingerprint density at radius 2 is 1.71 bits per heavy atom. The number of nitrogens with zero attached hydrogens (tertiary/aromatic N) is 3. The average molecular weight is 377 g/mol. The van der Waals surface area contributed by atoms with Gasteiger partial charge in [0.15, 0.2) is 0 Å². The van der Waals surface area contributed by atoms with Crippen LogP contribution in [0.2, 0.25) is 0 Å². The summed E-state index contributed by atoms with van der Waals surface area (Å²) in [7, 11) is 1.36. The van der Waals surface area contributed by atoms with Crippen LogP contribution < -0.4 is 5.01 Å². The lowest BCUT2D eigenvalue weighted by Crippen LogP contribution is -2.44. The summed E-state index contributed by atoms with van der Waals surface area (Å²) < 4.78 is 4.87. The number of hydrogen-bond acceptors (Lipinski definition) is 5. The van der Waals surface area contributed by atoms with Gasteiger partial charge in [-0.1, -0.05) is 48.5 Å². The molecule has 0 saturated carbocycles. The maximum atomic E-state index is 13.2. The second kappa shape index (κ2) is 7.84. The number of amides is 1. The van der Waals surface area contributed by atoms with Crippen LogP contribution in [0.3, 0.4) is 0 Å². The van der Waals surface area contributed by atoms with E-state index in [9.17, 15) is 9.59 Å². The first kappa shape index (κ1) is 18.2. The molecule has 1 amide bonds. The molecule has 0 aromatic heterocycles. The molecule has 2 aromatic rings. The van der Waals surface area contributed by atoms with Gasteiger partial charge in [0.1, 0.15) is 11.8 Å². The van der Waals surface area contributed by atoms with Crippen molar-refractivity contribution in [2.45, 2.75) is 31.3 Å². The predicted octanol–water partition coefficient (Wildman–Crippen LogP) is 3.16. The zero-order valence-electron chi connectivity index (χ0n) is 15.8. The van der Waals surface area contributed by atoms with Gasteiger partial charge in [-0.25, -0.2) is 4.79 Å². The fourth-order valence-electron chi connectivity index (χ4n) is 3.95. The Balaban J connectivity index is 1.64. The van der Waals surface area contributed by atoms with E-state index in [1.54, 1.807) is 4.90 Å². The minimum absolute atomic E-state index is 0.0540. The van der Waals surface area contributed by atoms with Crippen LogP contribution >= 0.6 is 0 Å². The van der Waals surface area contributed by atoms with Gasteiger partial charge in [0, 0.05) is 13.0 Å². The van der Waals surface area contributed by atoms with Crippen LogP contribution in [0.15, 0.2) is 65.8 Å². The molecule has 0 bridgehead atoms. The van der Waals surface area contributed by atoms with Crippen LogP contribution in [-0.4, -0.2) is 42.2 Å². The summed E-state index contributed by atoms with van der Waals surface area (Å²) in [5.41, 5.74) is 2.52. The highest BCUT2D eigenvalue weighted by Gasteiger charge is 2.40. The van der Waals surface area contributed by atoms with Gasteiger partial charge in [0.2, 0.25) is 0 Å². The molecule has 0 radical (unpaired) electrons. The van der Waals surface area contributed by atoms with E-state index < -0.39 is 6.04 Å². The van der Waals surface area contributed by atoms with Gasteiger partial charge in [-0.2, -0.15) is 5.10 Å². The van der Waals surface area contributed by atoms with E-state index in [-0.39, 0.29) is 17.9 Å². The number of carbonyl (C=O) groups excluding carboxylic acids is 2.